The molecule has 0 aromatic heterocycles. The van der Waals surface area contributed by atoms with E-state index in [9.17, 15) is 9.90 Å². The monoisotopic (exact) mass is 406 g/mol. The van der Waals surface area contributed by atoms with Crippen molar-refractivity contribution in [3.63, 3.8) is 0 Å². The Balaban J connectivity index is 2.04. The van der Waals surface area contributed by atoms with Gasteiger partial charge in [-0.1, -0.05) is 36.4 Å². The van der Waals surface area contributed by atoms with Crippen LogP contribution in [0.25, 0.3) is 22.3 Å². The molecular weight excluding hydrogens is 380 g/mol. The maximum absolute atomic E-state index is 11.1. The molecule has 3 N–H and O–H groups in total. The number of hydrogen-bond donors (Lipinski definition) is 3. The van der Waals surface area contributed by atoms with Crippen molar-refractivity contribution in [2.24, 2.45) is 0 Å². The van der Waals surface area contributed by atoms with Crippen molar-refractivity contribution >= 4 is 5.97 Å². The molecule has 30 heavy (non-hydrogen) atoms. The van der Waals surface area contributed by atoms with Crippen LogP contribution < -0.4 is 4.74 Å². The Morgan fingerprint density at radius 2 is 1.50 bits per heavy atom. The molecule has 5 nitrogen and oxygen atoms in total. The number of carboxylic acid groups (broad SMARTS) is 1. The third kappa shape index (κ3) is 4.87. The first-order valence-electron chi connectivity index (χ1n) is 9.83. The van der Waals surface area contributed by atoms with Gasteiger partial charge in [0, 0.05) is 6.42 Å². The number of hydrogen-bond acceptors (Lipinski definition) is 4. The Labute approximate surface area is 176 Å². The number of aliphatic carboxylic acids is 1. The molecule has 0 atom stereocenters. The average molecular weight is 406 g/mol. The molecule has 0 amide bonds. The van der Waals surface area contributed by atoms with Crippen molar-refractivity contribution in [1.29, 1.82) is 0 Å². The second-order valence-corrected chi connectivity index (χ2v) is 7.32. The van der Waals surface area contributed by atoms with E-state index in [0.29, 0.717) is 12.2 Å². The minimum atomic E-state index is -0.879. The van der Waals surface area contributed by atoms with Gasteiger partial charge < -0.3 is 20.1 Å². The van der Waals surface area contributed by atoms with Gasteiger partial charge in [0.15, 0.2) is 6.79 Å². The summed E-state index contributed by atoms with van der Waals surface area (Å²) in [5.41, 5.74) is 7.81. The number of carbonyl (C=O) groups is 1. The normalized spacial score (nSPS) is 10.8. The van der Waals surface area contributed by atoms with E-state index in [1.54, 1.807) is 12.1 Å². The summed E-state index contributed by atoms with van der Waals surface area (Å²) in [6.07, 6.45) is 0.323. The van der Waals surface area contributed by atoms with Crippen LogP contribution in [0.2, 0.25) is 0 Å². The second kappa shape index (κ2) is 9.57. The third-order valence-electron chi connectivity index (χ3n) is 5.32. The fourth-order valence-corrected chi connectivity index (χ4v) is 3.55. The number of ether oxygens (including phenoxy) is 1. The maximum atomic E-state index is 11.1. The predicted octanol–water partition coefficient (Wildman–Crippen LogP) is 4.48. The Hall–Kier alpha value is -3.15. The molecule has 0 bridgehead atoms. The summed E-state index contributed by atoms with van der Waals surface area (Å²) in [7, 11) is 0. The lowest BCUT2D eigenvalue weighted by Crippen LogP contribution is -2.01. The molecule has 0 heterocycles. The van der Waals surface area contributed by atoms with Crippen LogP contribution in [0.15, 0.2) is 54.6 Å². The fraction of sp³-hybridized carbons (Fsp3) is 0.240. The number of aliphatic hydroxyl groups is 2. The van der Waals surface area contributed by atoms with Crippen LogP contribution in [0.5, 0.6) is 5.75 Å². The lowest BCUT2D eigenvalue weighted by atomic mass is 9.91. The summed E-state index contributed by atoms with van der Waals surface area (Å²) in [6.45, 7) is 3.58. The van der Waals surface area contributed by atoms with Crippen LogP contribution in [0.3, 0.4) is 0 Å². The van der Waals surface area contributed by atoms with E-state index < -0.39 is 12.8 Å². The third-order valence-corrected chi connectivity index (χ3v) is 5.32. The van der Waals surface area contributed by atoms with E-state index in [2.05, 4.69) is 32.0 Å². The van der Waals surface area contributed by atoms with Gasteiger partial charge >= 0.3 is 5.97 Å². The van der Waals surface area contributed by atoms with E-state index in [1.165, 1.54) is 11.1 Å². The first-order chi connectivity index (χ1) is 14.4. The van der Waals surface area contributed by atoms with Crippen molar-refractivity contribution in [3.05, 3.63) is 76.9 Å². The molecule has 0 fully saturated rings. The summed E-state index contributed by atoms with van der Waals surface area (Å²) < 4.78 is 5.15. The highest BCUT2D eigenvalue weighted by molar-refractivity contribution is 5.76. The van der Waals surface area contributed by atoms with Gasteiger partial charge in [0.1, 0.15) is 5.75 Å². The summed E-state index contributed by atoms with van der Waals surface area (Å²) in [4.78, 5) is 11.1. The first kappa shape index (κ1) is 21.6. The molecule has 3 aromatic rings. The Morgan fingerprint density at radius 1 is 0.833 bits per heavy atom. The first-order valence-corrected chi connectivity index (χ1v) is 9.83. The molecule has 156 valence electrons. The van der Waals surface area contributed by atoms with Crippen molar-refractivity contribution < 1.29 is 24.9 Å². The minimum Gasteiger partial charge on any atom is -0.481 e. The van der Waals surface area contributed by atoms with Crippen LogP contribution in [0, 0.1) is 13.8 Å². The quantitative estimate of drug-likeness (QED) is 0.480. The number of aliphatic hydroxyl groups excluding tert-OH is 2. The fourth-order valence-electron chi connectivity index (χ4n) is 3.55. The summed E-state index contributed by atoms with van der Waals surface area (Å²) in [5, 5.41) is 28.1. The van der Waals surface area contributed by atoms with Crippen molar-refractivity contribution in [2.45, 2.75) is 33.3 Å². The molecule has 3 aromatic carbocycles. The summed E-state index contributed by atoms with van der Waals surface area (Å²) >= 11 is 0. The molecule has 5 heteroatoms. The van der Waals surface area contributed by atoms with Gasteiger partial charge in [0.2, 0.25) is 0 Å². The number of carboxylic acids is 1. The zero-order valence-corrected chi connectivity index (χ0v) is 17.2. The Morgan fingerprint density at radius 3 is 2.17 bits per heavy atom. The van der Waals surface area contributed by atoms with Gasteiger partial charge in [-0.15, -0.1) is 0 Å². The molecule has 0 radical (unpaired) electrons. The molecule has 0 aliphatic rings. The van der Waals surface area contributed by atoms with Gasteiger partial charge in [0.25, 0.3) is 0 Å². The molecule has 3 rings (SSSR count). The van der Waals surface area contributed by atoms with Crippen LogP contribution >= 0.6 is 0 Å². The number of benzene rings is 3. The highest BCUT2D eigenvalue weighted by Crippen LogP contribution is 2.33. The zero-order valence-electron chi connectivity index (χ0n) is 17.2. The molecule has 0 spiro atoms. The molecule has 0 aliphatic carbocycles. The van der Waals surface area contributed by atoms with Gasteiger partial charge in [-0.25, -0.2) is 0 Å². The molecule has 0 aliphatic heterocycles. The second-order valence-electron chi connectivity index (χ2n) is 7.32. The highest BCUT2D eigenvalue weighted by atomic mass is 16.6. The van der Waals surface area contributed by atoms with Crippen LogP contribution in [0.4, 0.5) is 0 Å². The molecule has 0 saturated heterocycles. The average Bonchev–Trinajstić information content (AvgIpc) is 2.74. The van der Waals surface area contributed by atoms with E-state index in [0.717, 1.165) is 33.4 Å². The SMILES string of the molecule is Cc1ccc(-c2ccc(-c3ccc(OCO)cc3CCC(=O)O)cc2CO)cc1C. The zero-order chi connectivity index (χ0) is 21.7. The van der Waals surface area contributed by atoms with Gasteiger partial charge in [-0.2, -0.15) is 0 Å². The van der Waals surface area contributed by atoms with E-state index in [-0.39, 0.29) is 13.0 Å². The molecule has 0 saturated carbocycles. The maximum Gasteiger partial charge on any atom is 0.303 e. The van der Waals surface area contributed by atoms with E-state index in [1.807, 2.05) is 24.3 Å². The van der Waals surface area contributed by atoms with Crippen molar-refractivity contribution in [1.82, 2.24) is 0 Å². The van der Waals surface area contributed by atoms with E-state index in [4.69, 9.17) is 14.9 Å². The summed E-state index contributed by atoms with van der Waals surface area (Å²) in [5.74, 6) is -0.397. The van der Waals surface area contributed by atoms with Crippen molar-refractivity contribution in [3.8, 4) is 28.0 Å². The lowest BCUT2D eigenvalue weighted by Gasteiger charge is -2.15. The Kier molecular flexibility index (Phi) is 6.87. The highest BCUT2D eigenvalue weighted by Gasteiger charge is 2.13. The van der Waals surface area contributed by atoms with E-state index >= 15 is 0 Å². The summed E-state index contributed by atoms with van der Waals surface area (Å²) in [6, 6.07) is 17.5. The van der Waals surface area contributed by atoms with Gasteiger partial charge in [0.05, 0.1) is 6.61 Å². The van der Waals surface area contributed by atoms with Crippen LogP contribution in [-0.4, -0.2) is 28.1 Å². The lowest BCUT2D eigenvalue weighted by molar-refractivity contribution is -0.136. The van der Waals surface area contributed by atoms with Gasteiger partial charge in [-0.3, -0.25) is 4.79 Å². The number of aryl methyl sites for hydroxylation is 3. The minimum absolute atomic E-state index is 0.0108. The van der Waals surface area contributed by atoms with Crippen LogP contribution in [0.1, 0.15) is 28.7 Å². The largest absolute Gasteiger partial charge is 0.481 e. The van der Waals surface area contributed by atoms with Gasteiger partial charge in [-0.05, 0) is 83.0 Å². The number of rotatable bonds is 8. The van der Waals surface area contributed by atoms with Crippen LogP contribution in [-0.2, 0) is 17.8 Å². The van der Waals surface area contributed by atoms with Crippen molar-refractivity contribution in [2.75, 3.05) is 6.79 Å². The smallest absolute Gasteiger partial charge is 0.303 e. The predicted molar refractivity (Wildman–Crippen MR) is 116 cm³/mol. The Bertz CT molecular complexity index is 1060. The standard InChI is InChI=1S/C25H26O5/c1-16-3-4-18(11-17(16)2)24-8-5-19(12-21(24)14-26)23-9-7-22(30-15-27)13-20(23)6-10-25(28)29/h3-5,7-9,11-13,26-27H,6,10,14-15H2,1-2H3,(H,28,29). The topological polar surface area (TPSA) is 87.0 Å². The molecule has 0 unspecified atom stereocenters. The molecular formula is C25H26O5.